The first-order valence-electron chi connectivity index (χ1n) is 18.3. The Labute approximate surface area is 324 Å². The molecular weight excluding hydrogens is 768 g/mol. The third-order valence-electron chi connectivity index (χ3n) is 11.2. The van der Waals surface area contributed by atoms with Crippen molar-refractivity contribution in [3.05, 3.63) is 106 Å². The third kappa shape index (κ3) is 6.46. The number of nitrogens with one attached hydrogen (secondary N) is 1. The summed E-state index contributed by atoms with van der Waals surface area (Å²) >= 11 is 5.13. The van der Waals surface area contributed by atoms with Gasteiger partial charge in [0.15, 0.2) is 5.75 Å². The summed E-state index contributed by atoms with van der Waals surface area (Å²) in [5.41, 5.74) is 3.90. The quantitative estimate of drug-likeness (QED) is 0.155. The Hall–Kier alpha value is -5.04. The maximum atomic E-state index is 13.3. The fraction of sp³-hybridized carbons (Fsp3) is 0.286. The predicted molar refractivity (Wildman–Crippen MR) is 210 cm³/mol. The van der Waals surface area contributed by atoms with Gasteiger partial charge in [-0.1, -0.05) is 40.2 Å². The summed E-state index contributed by atoms with van der Waals surface area (Å²) in [6.45, 7) is 4.84. The topological polar surface area (TPSA) is 119 Å². The van der Waals surface area contributed by atoms with Gasteiger partial charge in [-0.3, -0.25) is 29.4 Å². The molecule has 2 N–H and O–H groups in total. The molecule has 0 spiro atoms. The molecule has 3 saturated heterocycles. The van der Waals surface area contributed by atoms with Crippen molar-refractivity contribution in [2.45, 2.75) is 37.6 Å². The van der Waals surface area contributed by atoms with Gasteiger partial charge in [0, 0.05) is 65.3 Å². The van der Waals surface area contributed by atoms with Crippen LogP contribution in [0.2, 0.25) is 0 Å². The zero-order valence-electron chi connectivity index (χ0n) is 29.3. The maximum absolute atomic E-state index is 13.3. The van der Waals surface area contributed by atoms with Crippen molar-refractivity contribution in [1.29, 1.82) is 0 Å². The number of hydrogen-bond donors (Lipinski definition) is 2. The number of phenols is 1. The van der Waals surface area contributed by atoms with Gasteiger partial charge in [0.1, 0.15) is 17.5 Å². The number of halogens is 1. The Morgan fingerprint density at radius 3 is 2.31 bits per heavy atom. The predicted octanol–water partition coefficient (Wildman–Crippen LogP) is 7.55. The van der Waals surface area contributed by atoms with Crippen molar-refractivity contribution in [3.63, 3.8) is 0 Å². The number of carbonyl (C=O) groups excluding carboxylic acids is 4. The largest absolute Gasteiger partial charge is 0.508 e. The van der Waals surface area contributed by atoms with E-state index in [2.05, 4.69) is 67.4 Å². The van der Waals surface area contributed by atoms with Crippen molar-refractivity contribution in [3.8, 4) is 27.7 Å². The third-order valence-corrected chi connectivity index (χ3v) is 12.9. The van der Waals surface area contributed by atoms with Gasteiger partial charge in [-0.05, 0) is 97.0 Å². The molecule has 5 aromatic rings. The van der Waals surface area contributed by atoms with E-state index in [0.717, 1.165) is 92.7 Å². The number of benzene rings is 4. The Bertz CT molecular complexity index is 2310. The van der Waals surface area contributed by atoms with Crippen LogP contribution in [0.4, 0.5) is 5.69 Å². The molecular formula is C42H37BrN4O6S. The molecule has 274 valence electrons. The number of amides is 4. The average molecular weight is 806 g/mol. The van der Waals surface area contributed by atoms with E-state index in [4.69, 9.17) is 4.74 Å². The van der Waals surface area contributed by atoms with E-state index in [9.17, 15) is 24.3 Å². The fourth-order valence-electron chi connectivity index (χ4n) is 8.20. The van der Waals surface area contributed by atoms with Crippen LogP contribution in [-0.2, 0) is 9.59 Å². The molecule has 4 aromatic carbocycles. The van der Waals surface area contributed by atoms with E-state index >= 15 is 0 Å². The van der Waals surface area contributed by atoms with Crippen LogP contribution in [0.3, 0.4) is 0 Å². The second-order valence-corrected chi connectivity index (χ2v) is 16.6. The van der Waals surface area contributed by atoms with Gasteiger partial charge >= 0.3 is 0 Å². The normalized spacial score (nSPS) is 19.7. The summed E-state index contributed by atoms with van der Waals surface area (Å²) in [7, 11) is 0. The summed E-state index contributed by atoms with van der Waals surface area (Å²) in [5, 5.41) is 13.3. The molecule has 4 amide bonds. The van der Waals surface area contributed by atoms with Gasteiger partial charge in [0.25, 0.3) is 11.8 Å². The lowest BCUT2D eigenvalue weighted by Crippen LogP contribution is -2.54. The Morgan fingerprint density at radius 2 is 1.57 bits per heavy atom. The number of likely N-dealkylation sites (tertiary alicyclic amines) is 1. The van der Waals surface area contributed by atoms with E-state index in [1.165, 1.54) is 5.56 Å². The number of phenolic OH excluding ortho intramolecular Hbond substituents is 1. The van der Waals surface area contributed by atoms with Crippen LogP contribution in [0, 0.1) is 5.92 Å². The zero-order chi connectivity index (χ0) is 37.1. The standard InChI is InChI=1S/C42H37BrN4O6S/c43-28-5-1-26(2-6-28)39-38(33-12-8-30(48)20-36(33)54-39)53-31-9-3-25(4-10-31)27-22-45(23-27)21-24-15-17-46(18-16-24)29-7-11-32-34(19-29)42(52)47(41(32)51)35-13-14-37(49)44-40(35)50/h1-12,19-20,24,27,35,48H,13-18,21-23H2,(H,44,49,50). The van der Waals surface area contributed by atoms with Gasteiger partial charge in [-0.2, -0.15) is 0 Å². The number of rotatable bonds is 8. The average Bonchev–Trinajstić information content (AvgIpc) is 3.63. The first-order chi connectivity index (χ1) is 26.2. The lowest BCUT2D eigenvalue weighted by molar-refractivity contribution is -0.136. The van der Waals surface area contributed by atoms with Gasteiger partial charge < -0.3 is 19.6 Å². The molecule has 0 bridgehead atoms. The van der Waals surface area contributed by atoms with Crippen LogP contribution in [0.15, 0.2) is 89.4 Å². The van der Waals surface area contributed by atoms with Crippen molar-refractivity contribution >= 4 is 66.7 Å². The van der Waals surface area contributed by atoms with Crippen LogP contribution in [-0.4, -0.2) is 77.3 Å². The molecule has 4 aliphatic rings. The highest BCUT2D eigenvalue weighted by Gasteiger charge is 2.45. The number of aromatic hydroxyl groups is 1. The first kappa shape index (κ1) is 34.7. The second kappa shape index (κ2) is 14.0. The first-order valence-corrected chi connectivity index (χ1v) is 19.9. The highest BCUT2D eigenvalue weighted by atomic mass is 79.9. The van der Waals surface area contributed by atoms with Crippen LogP contribution in [0.1, 0.15) is 57.9 Å². The van der Waals surface area contributed by atoms with Crippen molar-refractivity contribution < 1.29 is 29.0 Å². The zero-order valence-corrected chi connectivity index (χ0v) is 31.7. The molecule has 1 aromatic heterocycles. The Morgan fingerprint density at radius 1 is 0.833 bits per heavy atom. The van der Waals surface area contributed by atoms with Crippen LogP contribution >= 0.6 is 27.3 Å². The smallest absolute Gasteiger partial charge is 0.262 e. The van der Waals surface area contributed by atoms with Gasteiger partial charge in [-0.15, -0.1) is 11.3 Å². The van der Waals surface area contributed by atoms with E-state index < -0.39 is 23.8 Å². The Balaban J connectivity index is 0.784. The summed E-state index contributed by atoms with van der Waals surface area (Å²) < 4.78 is 8.53. The molecule has 12 heteroatoms. The minimum Gasteiger partial charge on any atom is -0.508 e. The molecule has 5 heterocycles. The van der Waals surface area contributed by atoms with Crippen molar-refractivity contribution in [2.24, 2.45) is 5.92 Å². The molecule has 1 unspecified atom stereocenters. The van der Waals surface area contributed by atoms with Crippen molar-refractivity contribution in [1.82, 2.24) is 15.1 Å². The van der Waals surface area contributed by atoms with E-state index in [-0.39, 0.29) is 24.5 Å². The number of hydrogen-bond acceptors (Lipinski definition) is 9. The molecule has 3 fully saturated rings. The number of nitrogens with zero attached hydrogens (tertiary/aromatic N) is 3. The summed E-state index contributed by atoms with van der Waals surface area (Å²) in [6, 6.07) is 26.4. The highest BCUT2D eigenvalue weighted by Crippen LogP contribution is 2.47. The second-order valence-electron chi connectivity index (χ2n) is 14.6. The number of ether oxygens (including phenoxy) is 1. The minimum absolute atomic E-state index is 0.0998. The monoisotopic (exact) mass is 804 g/mol. The Kier molecular flexibility index (Phi) is 8.99. The molecule has 0 aliphatic carbocycles. The number of anilines is 1. The lowest BCUT2D eigenvalue weighted by Gasteiger charge is -2.43. The van der Waals surface area contributed by atoms with Crippen molar-refractivity contribution in [2.75, 3.05) is 37.6 Å². The molecule has 0 radical (unpaired) electrons. The van der Waals surface area contributed by atoms with E-state index in [1.807, 2.05) is 24.3 Å². The number of thiophene rings is 1. The molecule has 54 heavy (non-hydrogen) atoms. The molecule has 0 saturated carbocycles. The van der Waals surface area contributed by atoms with Gasteiger partial charge in [0.2, 0.25) is 11.8 Å². The molecule has 4 aliphatic heterocycles. The molecule has 9 rings (SSSR count). The van der Waals surface area contributed by atoms with Crippen LogP contribution in [0.25, 0.3) is 20.5 Å². The minimum atomic E-state index is -0.962. The molecule has 10 nitrogen and oxygen atoms in total. The summed E-state index contributed by atoms with van der Waals surface area (Å²) in [6.07, 6.45) is 2.33. The van der Waals surface area contributed by atoms with Gasteiger partial charge in [0.05, 0.1) is 16.0 Å². The number of piperidine rings is 2. The van der Waals surface area contributed by atoms with Gasteiger partial charge in [-0.25, -0.2) is 0 Å². The number of imide groups is 2. The SMILES string of the molecule is O=C1CCC(N2C(=O)c3ccc(N4CCC(CN5CC(c6ccc(Oc7c(-c8ccc(Br)cc8)sc8cc(O)ccc78)cc6)C5)CC4)cc3C2=O)C(=O)N1. The van der Waals surface area contributed by atoms with Crippen LogP contribution in [0.5, 0.6) is 17.2 Å². The lowest BCUT2D eigenvalue weighted by atomic mass is 9.88. The highest BCUT2D eigenvalue weighted by molar-refractivity contribution is 9.10. The fourth-order valence-corrected chi connectivity index (χ4v) is 9.64. The summed E-state index contributed by atoms with van der Waals surface area (Å²) in [5.74, 6) is 0.934. The number of fused-ring (bicyclic) bond motifs is 2. The summed E-state index contributed by atoms with van der Waals surface area (Å²) in [4.78, 5) is 57.3. The van der Waals surface area contributed by atoms with E-state index in [1.54, 1.807) is 35.6 Å². The maximum Gasteiger partial charge on any atom is 0.262 e. The number of carbonyl (C=O) groups is 4. The van der Waals surface area contributed by atoms with E-state index in [0.29, 0.717) is 23.0 Å². The molecule has 1 atom stereocenters. The van der Waals surface area contributed by atoms with Crippen LogP contribution < -0.4 is 15.0 Å².